The smallest absolute Gasteiger partial charge is 0.180 e. The maximum atomic E-state index is 4.69. The third kappa shape index (κ3) is 3.72. The molecule has 4 aromatic heterocycles. The average Bonchev–Trinajstić information content (AvgIpc) is 3.35. The zero-order valence-electron chi connectivity index (χ0n) is 15.6. The molecule has 4 heterocycles. The van der Waals surface area contributed by atoms with Gasteiger partial charge in [0.2, 0.25) is 0 Å². The molecule has 0 aliphatic carbocycles. The fourth-order valence-electron chi connectivity index (χ4n) is 2.96. The van der Waals surface area contributed by atoms with Crippen LogP contribution in [-0.4, -0.2) is 40.6 Å². The Balaban J connectivity index is 1.55. The van der Waals surface area contributed by atoms with Crippen LogP contribution in [0.5, 0.6) is 0 Å². The van der Waals surface area contributed by atoms with E-state index in [2.05, 4.69) is 45.9 Å². The molecule has 30 heavy (non-hydrogen) atoms. The van der Waals surface area contributed by atoms with E-state index in [1.807, 2.05) is 60.7 Å². The van der Waals surface area contributed by atoms with E-state index in [-0.39, 0.29) is 0 Å². The monoisotopic (exact) mass is 393 g/mol. The van der Waals surface area contributed by atoms with E-state index in [9.17, 15) is 0 Å². The van der Waals surface area contributed by atoms with Gasteiger partial charge in [0.05, 0.1) is 5.69 Å². The zero-order valence-corrected chi connectivity index (χ0v) is 15.6. The highest BCUT2D eigenvalue weighted by Crippen LogP contribution is 2.26. The Morgan fingerprint density at radius 3 is 2.57 bits per heavy atom. The Labute approximate surface area is 171 Å². The van der Waals surface area contributed by atoms with Gasteiger partial charge in [0.15, 0.2) is 11.6 Å². The minimum atomic E-state index is 0.523. The van der Waals surface area contributed by atoms with Crippen molar-refractivity contribution in [2.75, 3.05) is 5.32 Å². The van der Waals surface area contributed by atoms with Crippen molar-refractivity contribution in [2.45, 2.75) is 0 Å². The van der Waals surface area contributed by atoms with E-state index >= 15 is 0 Å². The lowest BCUT2D eigenvalue weighted by atomic mass is 10.1. The van der Waals surface area contributed by atoms with Crippen molar-refractivity contribution >= 4 is 11.5 Å². The first-order chi connectivity index (χ1) is 14.8. The molecule has 0 spiro atoms. The number of hydrogen-bond donors (Lipinski definition) is 2. The largest absolute Gasteiger partial charge is 0.340 e. The predicted octanol–water partition coefficient (Wildman–Crippen LogP) is 3.52. The Morgan fingerprint density at radius 2 is 1.77 bits per heavy atom. The molecule has 0 amide bonds. The summed E-state index contributed by atoms with van der Waals surface area (Å²) in [4.78, 5) is 17.9. The molecule has 0 aliphatic heterocycles. The van der Waals surface area contributed by atoms with E-state index in [1.54, 1.807) is 18.6 Å². The number of rotatable bonds is 5. The molecule has 0 fully saturated rings. The number of pyridine rings is 2. The van der Waals surface area contributed by atoms with Gasteiger partial charge in [-0.3, -0.25) is 9.97 Å². The maximum Gasteiger partial charge on any atom is 0.180 e. The number of tetrazole rings is 1. The minimum Gasteiger partial charge on any atom is -0.340 e. The molecular formula is C21H15N9. The van der Waals surface area contributed by atoms with Crippen molar-refractivity contribution in [2.24, 2.45) is 0 Å². The number of aromatic nitrogens is 8. The van der Waals surface area contributed by atoms with E-state index in [0.29, 0.717) is 23.2 Å². The van der Waals surface area contributed by atoms with Gasteiger partial charge in [0, 0.05) is 41.5 Å². The quantitative estimate of drug-likeness (QED) is 0.466. The zero-order chi connectivity index (χ0) is 20.2. The normalized spacial score (nSPS) is 10.7. The van der Waals surface area contributed by atoms with Crippen LogP contribution in [0.25, 0.3) is 34.2 Å². The summed E-state index contributed by atoms with van der Waals surface area (Å²) in [5.74, 6) is 1.75. The molecule has 9 nitrogen and oxygen atoms in total. The van der Waals surface area contributed by atoms with Gasteiger partial charge in [-0.25, -0.2) is 15.1 Å². The molecule has 0 saturated carbocycles. The highest BCUT2D eigenvalue weighted by Gasteiger charge is 2.11. The van der Waals surface area contributed by atoms with Crippen LogP contribution in [0.3, 0.4) is 0 Å². The number of nitrogens with one attached hydrogen (secondary N) is 2. The van der Waals surface area contributed by atoms with Crippen LogP contribution < -0.4 is 5.32 Å². The summed E-state index contributed by atoms with van der Waals surface area (Å²) in [7, 11) is 0. The molecule has 0 bridgehead atoms. The molecule has 5 rings (SSSR count). The van der Waals surface area contributed by atoms with Crippen LogP contribution in [-0.2, 0) is 0 Å². The molecule has 2 N–H and O–H groups in total. The lowest BCUT2D eigenvalue weighted by molar-refractivity contribution is 0.881. The third-order valence-electron chi connectivity index (χ3n) is 4.33. The van der Waals surface area contributed by atoms with Crippen molar-refractivity contribution in [3.63, 3.8) is 0 Å². The van der Waals surface area contributed by atoms with Crippen LogP contribution >= 0.6 is 0 Å². The number of nitrogens with zero attached hydrogens (tertiary/aromatic N) is 7. The molecule has 1 aromatic carbocycles. The SMILES string of the molecule is c1ccc(-c2nc(Nc3cccc(-c4nnn[nH]4)c3)cc(-c3cccnc3)n2)nc1. The van der Waals surface area contributed by atoms with Crippen molar-refractivity contribution < 1.29 is 0 Å². The summed E-state index contributed by atoms with van der Waals surface area (Å²) < 4.78 is 0. The van der Waals surface area contributed by atoms with Crippen molar-refractivity contribution in [3.05, 3.63) is 79.3 Å². The van der Waals surface area contributed by atoms with Gasteiger partial charge in [-0.1, -0.05) is 18.2 Å². The minimum absolute atomic E-state index is 0.523. The molecule has 0 aliphatic rings. The van der Waals surface area contributed by atoms with Crippen LogP contribution in [0.2, 0.25) is 0 Å². The fourth-order valence-corrected chi connectivity index (χ4v) is 2.96. The standard InChI is InChI=1S/C21H15N9/c1-2-10-23-17(8-1)21-25-18(15-6-4-9-22-13-15)12-19(26-21)24-16-7-3-5-14(11-16)20-27-29-30-28-20/h1-13H,(H,24,25,26)(H,27,28,29,30). The molecule has 9 heteroatoms. The summed E-state index contributed by atoms with van der Waals surface area (Å²) in [6.45, 7) is 0. The van der Waals surface area contributed by atoms with Gasteiger partial charge >= 0.3 is 0 Å². The van der Waals surface area contributed by atoms with E-state index in [0.717, 1.165) is 22.5 Å². The van der Waals surface area contributed by atoms with Crippen LogP contribution in [0.4, 0.5) is 11.5 Å². The second kappa shape index (κ2) is 7.84. The van der Waals surface area contributed by atoms with Gasteiger partial charge in [0.25, 0.3) is 0 Å². The Bertz CT molecular complexity index is 1200. The lowest BCUT2D eigenvalue weighted by Crippen LogP contribution is -2.00. The first-order valence-electron chi connectivity index (χ1n) is 9.17. The first-order valence-corrected chi connectivity index (χ1v) is 9.17. The van der Waals surface area contributed by atoms with Gasteiger partial charge in [-0.15, -0.1) is 5.10 Å². The average molecular weight is 393 g/mol. The second-order valence-corrected chi connectivity index (χ2v) is 6.37. The summed E-state index contributed by atoms with van der Waals surface area (Å²) >= 11 is 0. The van der Waals surface area contributed by atoms with Gasteiger partial charge in [0.1, 0.15) is 11.5 Å². The van der Waals surface area contributed by atoms with Gasteiger partial charge < -0.3 is 5.32 Å². The van der Waals surface area contributed by atoms with Gasteiger partial charge in [-0.05, 0) is 46.8 Å². The molecular weight excluding hydrogens is 378 g/mol. The Kier molecular flexibility index (Phi) is 4.59. The molecule has 0 atom stereocenters. The van der Waals surface area contributed by atoms with Crippen LogP contribution in [0, 0.1) is 0 Å². The first kappa shape index (κ1) is 17.6. The van der Waals surface area contributed by atoms with E-state index in [4.69, 9.17) is 0 Å². The number of anilines is 2. The maximum absolute atomic E-state index is 4.69. The van der Waals surface area contributed by atoms with Crippen LogP contribution in [0.15, 0.2) is 79.3 Å². The summed E-state index contributed by atoms with van der Waals surface area (Å²) in [6, 6.07) is 19.1. The fraction of sp³-hybridized carbons (Fsp3) is 0. The number of hydrogen-bond acceptors (Lipinski definition) is 8. The predicted molar refractivity (Wildman–Crippen MR) is 111 cm³/mol. The summed E-state index contributed by atoms with van der Waals surface area (Å²) in [5.41, 5.74) is 4.02. The summed E-state index contributed by atoms with van der Waals surface area (Å²) in [6.07, 6.45) is 5.22. The van der Waals surface area contributed by atoms with Crippen LogP contribution in [0.1, 0.15) is 0 Å². The van der Waals surface area contributed by atoms with E-state index < -0.39 is 0 Å². The molecule has 0 radical (unpaired) electrons. The molecule has 0 unspecified atom stereocenters. The van der Waals surface area contributed by atoms with E-state index in [1.165, 1.54) is 0 Å². The number of H-pyrrole nitrogens is 1. The number of aromatic amines is 1. The van der Waals surface area contributed by atoms with Crippen molar-refractivity contribution in [1.82, 2.24) is 40.6 Å². The molecule has 5 aromatic rings. The van der Waals surface area contributed by atoms with Crippen molar-refractivity contribution in [1.29, 1.82) is 0 Å². The van der Waals surface area contributed by atoms with Gasteiger partial charge in [-0.2, -0.15) is 0 Å². The molecule has 144 valence electrons. The highest BCUT2D eigenvalue weighted by atomic mass is 15.5. The second-order valence-electron chi connectivity index (χ2n) is 6.37. The molecule has 0 saturated heterocycles. The third-order valence-corrected chi connectivity index (χ3v) is 4.33. The topological polar surface area (TPSA) is 118 Å². The number of benzene rings is 1. The Hall–Kier alpha value is -4.53. The summed E-state index contributed by atoms with van der Waals surface area (Å²) in [5, 5.41) is 17.3. The lowest BCUT2D eigenvalue weighted by Gasteiger charge is -2.11. The van der Waals surface area contributed by atoms with Crippen molar-refractivity contribution in [3.8, 4) is 34.2 Å². The highest BCUT2D eigenvalue weighted by molar-refractivity contribution is 5.70. The Morgan fingerprint density at radius 1 is 0.800 bits per heavy atom.